The van der Waals surface area contributed by atoms with Crippen molar-refractivity contribution in [2.24, 2.45) is 0 Å². The van der Waals surface area contributed by atoms with Gasteiger partial charge in [-0.05, 0) is 19.3 Å². The maximum Gasteiger partial charge on any atom is 0.282 e. The molecule has 2 fully saturated rings. The summed E-state index contributed by atoms with van der Waals surface area (Å²) in [5.74, 6) is 0. The Morgan fingerprint density at radius 1 is 1.32 bits per heavy atom. The summed E-state index contributed by atoms with van der Waals surface area (Å²) in [5.41, 5.74) is 0. The number of piperidine rings is 1. The molecule has 19 heavy (non-hydrogen) atoms. The summed E-state index contributed by atoms with van der Waals surface area (Å²) in [5, 5.41) is 9.37. The molecule has 7 heteroatoms. The maximum absolute atomic E-state index is 12.7. The summed E-state index contributed by atoms with van der Waals surface area (Å²) >= 11 is 0. The number of morpholine rings is 1. The minimum Gasteiger partial charge on any atom is -0.395 e. The first-order valence-corrected chi connectivity index (χ1v) is 8.48. The van der Waals surface area contributed by atoms with Gasteiger partial charge < -0.3 is 9.84 Å². The molecule has 2 aliphatic heterocycles. The molecule has 2 unspecified atom stereocenters. The molecule has 6 nitrogen and oxygen atoms in total. The topological polar surface area (TPSA) is 70.1 Å². The van der Waals surface area contributed by atoms with Crippen molar-refractivity contribution in [2.75, 3.05) is 32.8 Å². The third-order valence-corrected chi connectivity index (χ3v) is 6.02. The first-order chi connectivity index (χ1) is 9.09. The predicted molar refractivity (Wildman–Crippen MR) is 72.0 cm³/mol. The fourth-order valence-corrected chi connectivity index (χ4v) is 4.62. The van der Waals surface area contributed by atoms with Crippen LogP contribution in [0.15, 0.2) is 0 Å². The largest absolute Gasteiger partial charge is 0.395 e. The summed E-state index contributed by atoms with van der Waals surface area (Å²) in [6.45, 7) is 3.71. The molecule has 1 N–H and O–H groups in total. The molecule has 112 valence electrons. The van der Waals surface area contributed by atoms with Crippen molar-refractivity contribution in [1.82, 2.24) is 8.61 Å². The third kappa shape index (κ3) is 3.28. The first kappa shape index (κ1) is 15.2. The lowest BCUT2D eigenvalue weighted by Gasteiger charge is -2.39. The number of aliphatic hydroxyl groups is 1. The van der Waals surface area contributed by atoms with Gasteiger partial charge in [0.25, 0.3) is 10.2 Å². The van der Waals surface area contributed by atoms with Crippen molar-refractivity contribution in [2.45, 2.75) is 44.8 Å². The normalized spacial score (nSPS) is 31.5. The Hall–Kier alpha value is -0.210. The summed E-state index contributed by atoms with van der Waals surface area (Å²) in [4.78, 5) is 0. The van der Waals surface area contributed by atoms with Crippen LogP contribution in [0.4, 0.5) is 0 Å². The molecule has 0 spiro atoms. The van der Waals surface area contributed by atoms with Crippen LogP contribution < -0.4 is 0 Å². The van der Waals surface area contributed by atoms with E-state index in [0.29, 0.717) is 26.2 Å². The second kappa shape index (κ2) is 6.49. The monoisotopic (exact) mass is 292 g/mol. The Kier molecular flexibility index (Phi) is 5.19. The number of ether oxygens (including phenoxy) is 1. The van der Waals surface area contributed by atoms with Crippen LogP contribution in [-0.2, 0) is 14.9 Å². The molecule has 0 aromatic rings. The molecular formula is C12H24N2O4S. The van der Waals surface area contributed by atoms with Gasteiger partial charge in [0.2, 0.25) is 0 Å². The molecule has 0 saturated carbocycles. The molecule has 0 bridgehead atoms. The number of rotatable bonds is 4. The van der Waals surface area contributed by atoms with Gasteiger partial charge in [-0.1, -0.05) is 13.3 Å². The Labute approximate surface area is 115 Å². The van der Waals surface area contributed by atoms with Gasteiger partial charge in [-0.2, -0.15) is 17.0 Å². The Bertz CT molecular complexity index is 387. The second-order valence-electron chi connectivity index (χ2n) is 5.21. The van der Waals surface area contributed by atoms with Gasteiger partial charge in [0.15, 0.2) is 0 Å². The minimum absolute atomic E-state index is 0.0131. The Morgan fingerprint density at radius 3 is 2.79 bits per heavy atom. The molecule has 0 aromatic carbocycles. The van der Waals surface area contributed by atoms with E-state index in [2.05, 4.69) is 0 Å². The number of aliphatic hydroxyl groups excluding tert-OH is 1. The van der Waals surface area contributed by atoms with Crippen LogP contribution in [0.25, 0.3) is 0 Å². The molecule has 0 radical (unpaired) electrons. The van der Waals surface area contributed by atoms with E-state index in [1.165, 1.54) is 8.61 Å². The standard InChI is InChI=1S/C12H24N2O4S/c1-2-12-9-13(7-8-18-12)19(16,17)14-6-4-3-5-11(14)10-15/h11-12,15H,2-10H2,1H3. The van der Waals surface area contributed by atoms with Gasteiger partial charge in [0.1, 0.15) is 0 Å². The van der Waals surface area contributed by atoms with Gasteiger partial charge in [0, 0.05) is 25.7 Å². The summed E-state index contributed by atoms with van der Waals surface area (Å²) in [6.07, 6.45) is 3.41. The molecule has 2 rings (SSSR count). The summed E-state index contributed by atoms with van der Waals surface area (Å²) in [7, 11) is -3.46. The average Bonchev–Trinajstić information content (AvgIpc) is 2.47. The van der Waals surface area contributed by atoms with E-state index in [9.17, 15) is 13.5 Å². The molecule has 0 amide bonds. The maximum atomic E-state index is 12.7. The number of hydrogen-bond acceptors (Lipinski definition) is 4. The quantitative estimate of drug-likeness (QED) is 0.803. The highest BCUT2D eigenvalue weighted by atomic mass is 32.2. The number of nitrogens with zero attached hydrogens (tertiary/aromatic N) is 2. The molecule has 2 saturated heterocycles. The first-order valence-electron chi connectivity index (χ1n) is 7.09. The van der Waals surface area contributed by atoms with Gasteiger partial charge in [-0.3, -0.25) is 0 Å². The second-order valence-corrected chi connectivity index (χ2v) is 7.09. The van der Waals surface area contributed by atoms with Crippen LogP contribution in [0.3, 0.4) is 0 Å². The fraction of sp³-hybridized carbons (Fsp3) is 1.00. The van der Waals surface area contributed by atoms with Crippen LogP contribution in [0.1, 0.15) is 32.6 Å². The van der Waals surface area contributed by atoms with E-state index >= 15 is 0 Å². The smallest absolute Gasteiger partial charge is 0.282 e. The van der Waals surface area contributed by atoms with Crippen molar-refractivity contribution >= 4 is 10.2 Å². The molecule has 0 aromatic heterocycles. The summed E-state index contributed by atoms with van der Waals surface area (Å²) < 4.78 is 33.8. The van der Waals surface area contributed by atoms with E-state index < -0.39 is 10.2 Å². The average molecular weight is 292 g/mol. The number of hydrogen-bond donors (Lipinski definition) is 1. The van der Waals surface area contributed by atoms with Crippen molar-refractivity contribution < 1.29 is 18.3 Å². The highest BCUT2D eigenvalue weighted by molar-refractivity contribution is 7.86. The molecule has 0 aliphatic carbocycles. The van der Waals surface area contributed by atoms with Crippen molar-refractivity contribution in [3.05, 3.63) is 0 Å². The molecule has 2 atom stereocenters. The highest BCUT2D eigenvalue weighted by Crippen LogP contribution is 2.24. The van der Waals surface area contributed by atoms with Crippen molar-refractivity contribution in [1.29, 1.82) is 0 Å². The summed E-state index contributed by atoms with van der Waals surface area (Å²) in [6, 6.07) is -0.262. The molecular weight excluding hydrogens is 268 g/mol. The third-order valence-electron chi connectivity index (χ3n) is 3.96. The van der Waals surface area contributed by atoms with Gasteiger partial charge in [-0.25, -0.2) is 0 Å². The van der Waals surface area contributed by atoms with Crippen molar-refractivity contribution in [3.63, 3.8) is 0 Å². The predicted octanol–water partition coefficient (Wildman–Crippen LogP) is 0.189. The highest BCUT2D eigenvalue weighted by Gasteiger charge is 2.38. The van der Waals surface area contributed by atoms with Crippen LogP contribution >= 0.6 is 0 Å². The molecule has 2 aliphatic rings. The van der Waals surface area contributed by atoms with Gasteiger partial charge >= 0.3 is 0 Å². The van der Waals surface area contributed by atoms with E-state index in [4.69, 9.17) is 4.74 Å². The van der Waals surface area contributed by atoms with E-state index in [-0.39, 0.29) is 18.8 Å². The minimum atomic E-state index is -3.46. The van der Waals surface area contributed by atoms with Crippen LogP contribution in [0, 0.1) is 0 Å². The van der Waals surface area contributed by atoms with E-state index in [1.54, 1.807) is 0 Å². The van der Waals surface area contributed by atoms with Crippen molar-refractivity contribution in [3.8, 4) is 0 Å². The Balaban J connectivity index is 2.11. The van der Waals surface area contributed by atoms with Crippen LogP contribution in [-0.4, -0.2) is 67.1 Å². The SMILES string of the molecule is CCC1CN(S(=O)(=O)N2CCCCC2CO)CCO1. The van der Waals surface area contributed by atoms with Gasteiger partial charge in [0.05, 0.1) is 19.3 Å². The zero-order valence-corrected chi connectivity index (χ0v) is 12.3. The van der Waals surface area contributed by atoms with E-state index in [1.807, 2.05) is 6.92 Å². The molecule has 2 heterocycles. The van der Waals surface area contributed by atoms with Crippen LogP contribution in [0.2, 0.25) is 0 Å². The zero-order chi connectivity index (χ0) is 13.9. The lowest BCUT2D eigenvalue weighted by atomic mass is 10.1. The fourth-order valence-electron chi connectivity index (χ4n) is 2.76. The van der Waals surface area contributed by atoms with E-state index in [0.717, 1.165) is 25.7 Å². The lowest BCUT2D eigenvalue weighted by Crippen LogP contribution is -2.55. The zero-order valence-electron chi connectivity index (χ0n) is 11.5. The Morgan fingerprint density at radius 2 is 2.11 bits per heavy atom. The van der Waals surface area contributed by atoms with Gasteiger partial charge in [-0.15, -0.1) is 0 Å². The lowest BCUT2D eigenvalue weighted by molar-refractivity contribution is -0.00573. The van der Waals surface area contributed by atoms with Crippen LogP contribution in [0.5, 0.6) is 0 Å².